The van der Waals surface area contributed by atoms with Crippen LogP contribution < -0.4 is 10.6 Å². The Bertz CT molecular complexity index is 564. The molecule has 3 heteroatoms. The van der Waals surface area contributed by atoms with Crippen molar-refractivity contribution in [2.75, 3.05) is 13.1 Å². The van der Waals surface area contributed by atoms with Gasteiger partial charge in [0.05, 0.1) is 12.6 Å². The Morgan fingerprint density at radius 3 is 3.00 bits per heavy atom. The molecule has 1 atom stereocenters. The van der Waals surface area contributed by atoms with E-state index in [1.165, 1.54) is 11.1 Å². The van der Waals surface area contributed by atoms with Crippen LogP contribution in [-0.4, -0.2) is 25.0 Å². The molecule has 2 N–H and O–H groups in total. The Balaban J connectivity index is 1.68. The van der Waals surface area contributed by atoms with Gasteiger partial charge in [-0.2, -0.15) is 0 Å². The molecular weight excluding hydrogens is 272 g/mol. The summed E-state index contributed by atoms with van der Waals surface area (Å²) in [5, 5.41) is 6.34. The molecule has 2 rings (SSSR count). The average molecular weight is 298 g/mol. The Morgan fingerprint density at radius 1 is 1.41 bits per heavy atom. The first-order valence-electron chi connectivity index (χ1n) is 8.02. The van der Waals surface area contributed by atoms with Crippen molar-refractivity contribution in [2.45, 2.75) is 46.1 Å². The minimum Gasteiger partial charge on any atom is -0.345 e. The van der Waals surface area contributed by atoms with Crippen LogP contribution in [-0.2, 0) is 4.79 Å². The molecular formula is C19H26N2O. The lowest BCUT2D eigenvalue weighted by Gasteiger charge is -2.10. The first-order chi connectivity index (χ1) is 10.5. The highest BCUT2D eigenvalue weighted by Gasteiger charge is 2.21. The minimum atomic E-state index is -0.00738. The average Bonchev–Trinajstić information content (AvgIpc) is 2.86. The fraction of sp³-hybridized carbons (Fsp3) is 0.526. The summed E-state index contributed by atoms with van der Waals surface area (Å²) in [6.07, 6.45) is 11.0. The van der Waals surface area contributed by atoms with Crippen molar-refractivity contribution in [2.24, 2.45) is 5.41 Å². The lowest BCUT2D eigenvalue weighted by Crippen LogP contribution is -2.23. The van der Waals surface area contributed by atoms with Crippen LogP contribution in [0.1, 0.15) is 40.0 Å². The molecule has 0 bridgehead atoms. The quantitative estimate of drug-likeness (QED) is 0.766. The van der Waals surface area contributed by atoms with Gasteiger partial charge in [0.25, 0.3) is 0 Å². The van der Waals surface area contributed by atoms with E-state index in [4.69, 9.17) is 0 Å². The molecule has 3 nitrogen and oxygen atoms in total. The van der Waals surface area contributed by atoms with Gasteiger partial charge in [0, 0.05) is 18.4 Å². The number of fused-ring (bicyclic) bond motifs is 1. The number of hydrogen-bond donors (Lipinski definition) is 2. The van der Waals surface area contributed by atoms with E-state index >= 15 is 0 Å². The second-order valence-electron chi connectivity index (χ2n) is 6.84. The Kier molecular flexibility index (Phi) is 5.63. The molecule has 0 aromatic carbocycles. The predicted molar refractivity (Wildman–Crippen MR) is 91.2 cm³/mol. The number of allylic oxidation sites excluding steroid dienone is 2. The number of rotatable bonds is 5. The van der Waals surface area contributed by atoms with Gasteiger partial charge >= 0.3 is 0 Å². The van der Waals surface area contributed by atoms with Crippen molar-refractivity contribution in [3.05, 3.63) is 35.5 Å². The molecule has 1 amide bonds. The van der Waals surface area contributed by atoms with Gasteiger partial charge in [0.15, 0.2) is 0 Å². The minimum absolute atomic E-state index is 0.00738. The first-order valence-corrected chi connectivity index (χ1v) is 8.02. The summed E-state index contributed by atoms with van der Waals surface area (Å²) < 4.78 is 0. The van der Waals surface area contributed by atoms with E-state index in [2.05, 4.69) is 67.5 Å². The van der Waals surface area contributed by atoms with E-state index in [1.807, 2.05) is 0 Å². The van der Waals surface area contributed by atoms with E-state index in [9.17, 15) is 4.79 Å². The fourth-order valence-electron chi connectivity index (χ4n) is 2.63. The zero-order chi connectivity index (χ0) is 16.0. The molecule has 0 radical (unpaired) electrons. The molecule has 1 aliphatic carbocycles. The van der Waals surface area contributed by atoms with Gasteiger partial charge in [-0.1, -0.05) is 41.7 Å². The molecule has 0 spiro atoms. The molecule has 2 aliphatic rings. The lowest BCUT2D eigenvalue weighted by atomic mass is 9.97. The van der Waals surface area contributed by atoms with Gasteiger partial charge in [-0.15, -0.1) is 0 Å². The topological polar surface area (TPSA) is 41.1 Å². The molecule has 1 heterocycles. The smallest absolute Gasteiger partial charge is 0.220 e. The van der Waals surface area contributed by atoms with Crippen LogP contribution in [0.15, 0.2) is 35.5 Å². The molecule has 22 heavy (non-hydrogen) atoms. The molecule has 118 valence electrons. The summed E-state index contributed by atoms with van der Waals surface area (Å²) >= 11 is 0. The number of carbonyl (C=O) groups excluding carboxylic acids is 1. The van der Waals surface area contributed by atoms with Gasteiger partial charge in [0.1, 0.15) is 0 Å². The Morgan fingerprint density at radius 2 is 2.23 bits per heavy atom. The number of carbonyl (C=O) groups is 1. The van der Waals surface area contributed by atoms with Crippen LogP contribution >= 0.6 is 0 Å². The number of amides is 1. The van der Waals surface area contributed by atoms with Gasteiger partial charge < -0.3 is 10.6 Å². The molecule has 1 aliphatic heterocycles. The summed E-state index contributed by atoms with van der Waals surface area (Å²) in [4.78, 5) is 11.8. The zero-order valence-electron chi connectivity index (χ0n) is 13.8. The van der Waals surface area contributed by atoms with Crippen molar-refractivity contribution in [1.29, 1.82) is 0 Å². The standard InChI is InChI=1S/C19H26N2O/c1-19(2,3)12-7-13-20-18(22)11-6-8-15-14-21-17-10-5-4-9-16(15)17/h4-5,9-10,17,21H,6,8,11,13-14H2,1-3H3,(H,20,22). The zero-order valence-corrected chi connectivity index (χ0v) is 13.8. The van der Waals surface area contributed by atoms with E-state index in [0.717, 1.165) is 19.4 Å². The van der Waals surface area contributed by atoms with Crippen molar-refractivity contribution in [3.63, 3.8) is 0 Å². The molecule has 1 unspecified atom stereocenters. The lowest BCUT2D eigenvalue weighted by molar-refractivity contribution is -0.120. The molecule has 0 fully saturated rings. The van der Waals surface area contributed by atoms with E-state index in [1.54, 1.807) is 0 Å². The van der Waals surface area contributed by atoms with Crippen LogP contribution in [0.4, 0.5) is 0 Å². The SMILES string of the molecule is CC(C)(C)C#CCNC(=O)CCCC1=C2C=CC=CC2NC1. The largest absolute Gasteiger partial charge is 0.345 e. The number of hydrogen-bond acceptors (Lipinski definition) is 2. The molecule has 0 saturated carbocycles. The van der Waals surface area contributed by atoms with Crippen LogP contribution in [0.2, 0.25) is 0 Å². The summed E-state index contributed by atoms with van der Waals surface area (Å²) in [5.74, 6) is 6.21. The Labute approximate surface area is 133 Å². The van der Waals surface area contributed by atoms with Gasteiger partial charge in [-0.05, 0) is 39.2 Å². The van der Waals surface area contributed by atoms with E-state index in [0.29, 0.717) is 19.0 Å². The second-order valence-corrected chi connectivity index (χ2v) is 6.84. The third-order valence-electron chi connectivity index (χ3n) is 3.69. The van der Waals surface area contributed by atoms with Crippen LogP contribution in [0.3, 0.4) is 0 Å². The third-order valence-corrected chi connectivity index (χ3v) is 3.69. The maximum Gasteiger partial charge on any atom is 0.220 e. The summed E-state index contributed by atoms with van der Waals surface area (Å²) in [6.45, 7) is 7.58. The van der Waals surface area contributed by atoms with Crippen molar-refractivity contribution in [3.8, 4) is 11.8 Å². The normalized spacial score (nSPS) is 19.7. The molecule has 0 aromatic rings. The third kappa shape index (κ3) is 5.20. The predicted octanol–water partition coefficient (Wildman–Crippen LogP) is 2.72. The second kappa shape index (κ2) is 7.47. The Hall–Kier alpha value is -1.79. The number of nitrogens with one attached hydrogen (secondary N) is 2. The summed E-state index contributed by atoms with van der Waals surface area (Å²) in [6, 6.07) is 0.376. The monoisotopic (exact) mass is 298 g/mol. The highest BCUT2D eigenvalue weighted by atomic mass is 16.1. The van der Waals surface area contributed by atoms with E-state index in [-0.39, 0.29) is 11.3 Å². The van der Waals surface area contributed by atoms with Crippen molar-refractivity contribution < 1.29 is 4.79 Å². The van der Waals surface area contributed by atoms with Crippen LogP contribution in [0.25, 0.3) is 0 Å². The van der Waals surface area contributed by atoms with E-state index < -0.39 is 0 Å². The maximum absolute atomic E-state index is 11.8. The fourth-order valence-corrected chi connectivity index (χ4v) is 2.63. The highest BCUT2D eigenvalue weighted by Crippen LogP contribution is 2.25. The van der Waals surface area contributed by atoms with Gasteiger partial charge in [0.2, 0.25) is 5.91 Å². The van der Waals surface area contributed by atoms with Gasteiger partial charge in [-0.25, -0.2) is 0 Å². The van der Waals surface area contributed by atoms with Crippen LogP contribution in [0, 0.1) is 17.3 Å². The highest BCUT2D eigenvalue weighted by molar-refractivity contribution is 5.76. The van der Waals surface area contributed by atoms with Gasteiger partial charge in [-0.3, -0.25) is 4.79 Å². The summed E-state index contributed by atoms with van der Waals surface area (Å²) in [7, 11) is 0. The summed E-state index contributed by atoms with van der Waals surface area (Å²) in [5.41, 5.74) is 2.82. The molecule has 0 aromatic heterocycles. The first kappa shape index (κ1) is 16.6. The van der Waals surface area contributed by atoms with Crippen molar-refractivity contribution in [1.82, 2.24) is 10.6 Å². The van der Waals surface area contributed by atoms with Crippen LogP contribution in [0.5, 0.6) is 0 Å². The molecule has 0 saturated heterocycles. The maximum atomic E-state index is 11.8. The van der Waals surface area contributed by atoms with Crippen molar-refractivity contribution >= 4 is 5.91 Å².